The summed E-state index contributed by atoms with van der Waals surface area (Å²) < 4.78 is 17.8. The number of amides is 1. The minimum absolute atomic E-state index is 0.184. The van der Waals surface area contributed by atoms with Gasteiger partial charge in [-0.05, 0) is 43.0 Å². The number of nitrogens with one attached hydrogen (secondary N) is 1. The van der Waals surface area contributed by atoms with E-state index in [4.69, 9.17) is 10.5 Å². The minimum Gasteiger partial charge on any atom is -0.385 e. The first-order valence-electron chi connectivity index (χ1n) is 6.32. The normalized spacial score (nSPS) is 12.2. The summed E-state index contributed by atoms with van der Waals surface area (Å²) in [6.07, 6.45) is 1.16. The fraction of sp³-hybridized carbons (Fsp3) is 0.500. The molecule has 1 rings (SSSR count). The van der Waals surface area contributed by atoms with E-state index in [1.54, 1.807) is 13.2 Å². The Balaban J connectivity index is 2.35. The van der Waals surface area contributed by atoms with E-state index in [1.807, 2.05) is 6.92 Å². The molecule has 4 nitrogen and oxygen atoms in total. The van der Waals surface area contributed by atoms with Gasteiger partial charge in [-0.2, -0.15) is 0 Å². The van der Waals surface area contributed by atoms with Crippen molar-refractivity contribution in [2.75, 3.05) is 20.3 Å². The van der Waals surface area contributed by atoms with Gasteiger partial charge in [-0.3, -0.25) is 4.79 Å². The molecule has 3 N–H and O–H groups in total. The van der Waals surface area contributed by atoms with Gasteiger partial charge in [-0.1, -0.05) is 6.07 Å². The van der Waals surface area contributed by atoms with Crippen molar-refractivity contribution in [3.63, 3.8) is 0 Å². The number of rotatable bonds is 7. The molecule has 0 radical (unpaired) electrons. The second kappa shape index (κ2) is 7.86. The molecule has 19 heavy (non-hydrogen) atoms. The molecule has 0 spiro atoms. The lowest BCUT2D eigenvalue weighted by Crippen LogP contribution is -2.42. The van der Waals surface area contributed by atoms with Crippen molar-refractivity contribution in [2.24, 2.45) is 5.73 Å². The molecule has 0 bridgehead atoms. The third kappa shape index (κ3) is 5.36. The highest BCUT2D eigenvalue weighted by molar-refractivity contribution is 5.81. The fourth-order valence-electron chi connectivity index (χ4n) is 1.77. The van der Waals surface area contributed by atoms with Gasteiger partial charge in [0, 0.05) is 20.3 Å². The van der Waals surface area contributed by atoms with Gasteiger partial charge in [-0.15, -0.1) is 0 Å². The predicted molar refractivity (Wildman–Crippen MR) is 72.3 cm³/mol. The van der Waals surface area contributed by atoms with E-state index in [-0.39, 0.29) is 11.7 Å². The summed E-state index contributed by atoms with van der Waals surface area (Å²) in [6, 6.07) is 4.10. The van der Waals surface area contributed by atoms with Crippen molar-refractivity contribution < 1.29 is 13.9 Å². The average molecular weight is 268 g/mol. The first-order valence-corrected chi connectivity index (χ1v) is 6.32. The van der Waals surface area contributed by atoms with E-state index in [1.165, 1.54) is 12.1 Å². The molecule has 1 amide bonds. The minimum atomic E-state index is -0.547. The second-order valence-electron chi connectivity index (χ2n) is 4.50. The van der Waals surface area contributed by atoms with E-state index < -0.39 is 6.04 Å². The number of hydrogen-bond acceptors (Lipinski definition) is 3. The molecule has 0 saturated carbocycles. The number of hydrogen-bond donors (Lipinski definition) is 2. The zero-order valence-corrected chi connectivity index (χ0v) is 11.4. The smallest absolute Gasteiger partial charge is 0.237 e. The maximum absolute atomic E-state index is 12.9. The van der Waals surface area contributed by atoms with E-state index in [0.717, 1.165) is 11.1 Å². The number of carbonyl (C=O) groups excluding carboxylic acids is 1. The molecular weight excluding hydrogens is 247 g/mol. The van der Waals surface area contributed by atoms with E-state index >= 15 is 0 Å². The molecule has 0 fully saturated rings. The summed E-state index contributed by atoms with van der Waals surface area (Å²) in [5.74, 6) is -0.427. The van der Waals surface area contributed by atoms with Gasteiger partial charge in [0.15, 0.2) is 0 Å². The number of methoxy groups -OCH3 is 1. The van der Waals surface area contributed by atoms with Gasteiger partial charge in [0.25, 0.3) is 0 Å². The number of halogens is 1. The highest BCUT2D eigenvalue weighted by Crippen LogP contribution is 2.10. The molecule has 1 aromatic carbocycles. The Hall–Kier alpha value is -1.46. The lowest BCUT2D eigenvalue weighted by atomic mass is 10.1. The van der Waals surface area contributed by atoms with Crippen LogP contribution in [0, 0.1) is 12.7 Å². The number of nitrogens with two attached hydrogens (primary N) is 1. The SMILES string of the molecule is COCCC(N)C(=O)NCCc1ccc(F)cc1C. The number of benzene rings is 1. The Bertz CT molecular complexity index is 424. The van der Waals surface area contributed by atoms with Crippen LogP contribution in [0.3, 0.4) is 0 Å². The van der Waals surface area contributed by atoms with Crippen molar-refractivity contribution in [1.29, 1.82) is 0 Å². The third-order valence-corrected chi connectivity index (χ3v) is 2.97. The standard InChI is InChI=1S/C14H21FN2O2/c1-10-9-12(15)4-3-11(10)5-7-17-14(18)13(16)6-8-19-2/h3-4,9,13H,5-8,16H2,1-2H3,(H,17,18). The van der Waals surface area contributed by atoms with Crippen molar-refractivity contribution >= 4 is 5.91 Å². The molecule has 0 saturated heterocycles. The summed E-state index contributed by atoms with van der Waals surface area (Å²) in [6.45, 7) is 2.81. The van der Waals surface area contributed by atoms with Gasteiger partial charge in [0.2, 0.25) is 5.91 Å². The lowest BCUT2D eigenvalue weighted by Gasteiger charge is -2.12. The van der Waals surface area contributed by atoms with E-state index in [0.29, 0.717) is 26.0 Å². The van der Waals surface area contributed by atoms with Crippen molar-refractivity contribution in [3.8, 4) is 0 Å². The van der Waals surface area contributed by atoms with Crippen LogP contribution in [0.25, 0.3) is 0 Å². The van der Waals surface area contributed by atoms with Gasteiger partial charge in [-0.25, -0.2) is 4.39 Å². The van der Waals surface area contributed by atoms with Crippen LogP contribution >= 0.6 is 0 Å². The summed E-state index contributed by atoms with van der Waals surface area (Å²) in [7, 11) is 1.57. The lowest BCUT2D eigenvalue weighted by molar-refractivity contribution is -0.122. The van der Waals surface area contributed by atoms with Crippen LogP contribution in [0.4, 0.5) is 4.39 Å². The highest BCUT2D eigenvalue weighted by Gasteiger charge is 2.12. The Labute approximate surface area is 113 Å². The molecular formula is C14H21FN2O2. The van der Waals surface area contributed by atoms with Crippen molar-refractivity contribution in [1.82, 2.24) is 5.32 Å². The van der Waals surface area contributed by atoms with Crippen molar-refractivity contribution in [2.45, 2.75) is 25.8 Å². The van der Waals surface area contributed by atoms with Gasteiger partial charge < -0.3 is 15.8 Å². The Kier molecular flexibility index (Phi) is 6.45. The molecule has 106 valence electrons. The van der Waals surface area contributed by atoms with Gasteiger partial charge in [0.05, 0.1) is 6.04 Å². The van der Waals surface area contributed by atoms with Gasteiger partial charge >= 0.3 is 0 Å². The summed E-state index contributed by atoms with van der Waals surface area (Å²) in [4.78, 5) is 11.6. The first-order chi connectivity index (χ1) is 9.04. The van der Waals surface area contributed by atoms with Crippen LogP contribution in [-0.2, 0) is 16.0 Å². The van der Waals surface area contributed by atoms with Crippen molar-refractivity contribution in [3.05, 3.63) is 35.1 Å². The monoisotopic (exact) mass is 268 g/mol. The molecule has 0 aromatic heterocycles. The van der Waals surface area contributed by atoms with Gasteiger partial charge in [0.1, 0.15) is 5.82 Å². The maximum Gasteiger partial charge on any atom is 0.237 e. The summed E-state index contributed by atoms with van der Waals surface area (Å²) in [5, 5.41) is 2.77. The van der Waals surface area contributed by atoms with E-state index in [2.05, 4.69) is 5.32 Å². The largest absolute Gasteiger partial charge is 0.385 e. The molecule has 0 heterocycles. The zero-order chi connectivity index (χ0) is 14.3. The predicted octanol–water partition coefficient (Wildman–Crippen LogP) is 1.16. The number of ether oxygens (including phenoxy) is 1. The molecule has 1 aromatic rings. The maximum atomic E-state index is 12.9. The summed E-state index contributed by atoms with van der Waals surface area (Å²) >= 11 is 0. The summed E-state index contributed by atoms with van der Waals surface area (Å²) in [5.41, 5.74) is 7.60. The second-order valence-corrected chi connectivity index (χ2v) is 4.50. The Morgan fingerprint density at radius 2 is 2.26 bits per heavy atom. The van der Waals surface area contributed by atoms with Crippen LogP contribution in [0.2, 0.25) is 0 Å². The van der Waals surface area contributed by atoms with Crippen LogP contribution in [0.5, 0.6) is 0 Å². The Morgan fingerprint density at radius 3 is 2.89 bits per heavy atom. The zero-order valence-electron chi connectivity index (χ0n) is 11.4. The van der Waals surface area contributed by atoms with E-state index in [9.17, 15) is 9.18 Å². The number of carbonyl (C=O) groups is 1. The molecule has 0 aliphatic heterocycles. The average Bonchev–Trinajstić information content (AvgIpc) is 2.38. The topological polar surface area (TPSA) is 64.3 Å². The Morgan fingerprint density at radius 1 is 1.53 bits per heavy atom. The van der Waals surface area contributed by atoms with Crippen LogP contribution in [0.15, 0.2) is 18.2 Å². The third-order valence-electron chi connectivity index (χ3n) is 2.97. The molecule has 0 aliphatic rings. The van der Waals surface area contributed by atoms with Crippen LogP contribution < -0.4 is 11.1 Å². The molecule has 1 unspecified atom stereocenters. The van der Waals surface area contributed by atoms with Crippen LogP contribution in [-0.4, -0.2) is 32.2 Å². The quantitative estimate of drug-likeness (QED) is 0.780. The molecule has 0 aliphatic carbocycles. The molecule has 5 heteroatoms. The highest BCUT2D eigenvalue weighted by atomic mass is 19.1. The molecule has 1 atom stereocenters. The fourth-order valence-corrected chi connectivity index (χ4v) is 1.77. The van der Waals surface area contributed by atoms with Crippen LogP contribution in [0.1, 0.15) is 17.5 Å². The number of aryl methyl sites for hydroxylation is 1. The first kappa shape index (κ1) is 15.6.